The molecule has 0 saturated heterocycles. The summed E-state index contributed by atoms with van der Waals surface area (Å²) in [5.41, 5.74) is 3.32. The quantitative estimate of drug-likeness (QED) is 0.564. The second-order valence-electron chi connectivity index (χ2n) is 4.33. The Balaban J connectivity index is 1.99. The summed E-state index contributed by atoms with van der Waals surface area (Å²) in [6, 6.07) is 6.96. The van der Waals surface area contributed by atoms with Crippen molar-refractivity contribution in [1.29, 1.82) is 0 Å². The Labute approximate surface area is 104 Å². The number of rotatable bonds is 2. The van der Waals surface area contributed by atoms with Crippen LogP contribution in [-0.4, -0.2) is 21.7 Å². The van der Waals surface area contributed by atoms with E-state index in [9.17, 15) is 5.21 Å². The maximum Gasteiger partial charge on any atom is 0.164 e. The van der Waals surface area contributed by atoms with Gasteiger partial charge in [-0.25, -0.2) is 10.2 Å². The number of quaternary nitrogens is 1. The Hall–Kier alpha value is -1.73. The molecule has 0 radical (unpaired) electrons. The van der Waals surface area contributed by atoms with Crippen molar-refractivity contribution in [3.8, 4) is 0 Å². The standard InChI is InChI=1S/C12H14N4O2/c17-16(18)9-3-1-2-8(6-9)11-12-10(4-5-13-11)14-7-15-12/h1-3,6-7,11,13,16-17H,4-5H2,(H,14,15). The maximum absolute atomic E-state index is 11.0. The van der Waals surface area contributed by atoms with Gasteiger partial charge in [0.2, 0.25) is 0 Å². The van der Waals surface area contributed by atoms with Gasteiger partial charge in [0.15, 0.2) is 5.69 Å². The van der Waals surface area contributed by atoms with Crippen molar-refractivity contribution in [3.05, 3.63) is 52.8 Å². The van der Waals surface area contributed by atoms with Crippen LogP contribution in [0.5, 0.6) is 0 Å². The van der Waals surface area contributed by atoms with Gasteiger partial charge in [0, 0.05) is 30.8 Å². The van der Waals surface area contributed by atoms with Gasteiger partial charge < -0.3 is 15.5 Å². The molecule has 0 bridgehead atoms. The molecule has 0 saturated carbocycles. The number of benzene rings is 1. The summed E-state index contributed by atoms with van der Waals surface area (Å²) in [5, 5.41) is 22.5. The predicted octanol–water partition coefficient (Wildman–Crippen LogP) is 0.0482. The first-order chi connectivity index (χ1) is 8.75. The number of nitrogens with one attached hydrogen (secondary N) is 3. The number of hydrogen-bond acceptors (Lipinski definition) is 4. The second-order valence-corrected chi connectivity index (χ2v) is 4.33. The van der Waals surface area contributed by atoms with Gasteiger partial charge in [-0.05, 0) is 5.56 Å². The third-order valence-corrected chi connectivity index (χ3v) is 3.22. The highest BCUT2D eigenvalue weighted by atomic mass is 16.8. The smallest absolute Gasteiger partial charge is 0.164 e. The minimum absolute atomic E-state index is 0.0284. The van der Waals surface area contributed by atoms with E-state index < -0.39 is 5.23 Å². The van der Waals surface area contributed by atoms with Crippen LogP contribution in [0.1, 0.15) is 23.0 Å². The van der Waals surface area contributed by atoms with Gasteiger partial charge in [-0.2, -0.15) is 5.23 Å². The van der Waals surface area contributed by atoms with Crippen LogP contribution in [-0.2, 0) is 6.42 Å². The van der Waals surface area contributed by atoms with E-state index in [4.69, 9.17) is 5.21 Å². The van der Waals surface area contributed by atoms with E-state index in [1.807, 2.05) is 6.07 Å². The van der Waals surface area contributed by atoms with Crippen molar-refractivity contribution < 1.29 is 10.4 Å². The van der Waals surface area contributed by atoms with Crippen molar-refractivity contribution in [3.63, 3.8) is 0 Å². The van der Waals surface area contributed by atoms with E-state index >= 15 is 0 Å². The summed E-state index contributed by atoms with van der Waals surface area (Å²) < 4.78 is 0. The summed E-state index contributed by atoms with van der Waals surface area (Å²) in [6.07, 6.45) is 2.61. The summed E-state index contributed by atoms with van der Waals surface area (Å²) in [7, 11) is 0. The van der Waals surface area contributed by atoms with Crippen molar-refractivity contribution in [1.82, 2.24) is 15.3 Å². The van der Waals surface area contributed by atoms with E-state index in [1.165, 1.54) is 0 Å². The lowest BCUT2D eigenvalue weighted by Crippen LogP contribution is -2.99. The summed E-state index contributed by atoms with van der Waals surface area (Å²) in [4.78, 5) is 7.45. The lowest BCUT2D eigenvalue weighted by atomic mass is 9.98. The average molecular weight is 246 g/mol. The molecular weight excluding hydrogens is 232 g/mol. The molecule has 18 heavy (non-hydrogen) atoms. The fraction of sp³-hybridized carbons (Fsp3) is 0.250. The van der Waals surface area contributed by atoms with E-state index in [-0.39, 0.29) is 6.04 Å². The normalized spacial score (nSPS) is 20.4. The molecule has 0 spiro atoms. The van der Waals surface area contributed by atoms with Crippen LogP contribution < -0.4 is 10.5 Å². The molecule has 2 aromatic rings. The van der Waals surface area contributed by atoms with Crippen LogP contribution in [0.3, 0.4) is 0 Å². The summed E-state index contributed by atoms with van der Waals surface area (Å²) >= 11 is 0. The van der Waals surface area contributed by atoms with Crippen LogP contribution in [0.25, 0.3) is 0 Å². The van der Waals surface area contributed by atoms with Crippen molar-refractivity contribution >= 4 is 5.69 Å². The van der Waals surface area contributed by atoms with E-state index in [1.54, 1.807) is 24.5 Å². The lowest BCUT2D eigenvalue weighted by molar-refractivity contribution is -0.991. The predicted molar refractivity (Wildman–Crippen MR) is 64.4 cm³/mol. The largest absolute Gasteiger partial charge is 0.595 e. The molecule has 1 aromatic carbocycles. The molecule has 6 heteroatoms. The van der Waals surface area contributed by atoms with Crippen molar-refractivity contribution in [2.24, 2.45) is 0 Å². The fourth-order valence-electron chi connectivity index (χ4n) is 2.35. The zero-order chi connectivity index (χ0) is 12.5. The molecule has 1 aromatic heterocycles. The third kappa shape index (κ3) is 1.91. The Morgan fingerprint density at radius 2 is 2.33 bits per heavy atom. The third-order valence-electron chi connectivity index (χ3n) is 3.22. The van der Waals surface area contributed by atoms with Gasteiger partial charge in [0.25, 0.3) is 0 Å². The topological polar surface area (TPSA) is 88.4 Å². The molecule has 4 N–H and O–H groups in total. The highest BCUT2D eigenvalue weighted by molar-refractivity contribution is 5.39. The summed E-state index contributed by atoms with van der Waals surface area (Å²) in [6.45, 7) is 0.858. The molecule has 3 rings (SSSR count). The molecule has 2 unspecified atom stereocenters. The average Bonchev–Trinajstić information content (AvgIpc) is 2.87. The van der Waals surface area contributed by atoms with Crippen LogP contribution in [0.15, 0.2) is 30.6 Å². The molecule has 1 aliphatic rings. The number of nitrogens with zero attached hydrogens (tertiary/aromatic N) is 1. The zero-order valence-electron chi connectivity index (χ0n) is 9.68. The Morgan fingerprint density at radius 1 is 1.44 bits per heavy atom. The van der Waals surface area contributed by atoms with Gasteiger partial charge in [0.05, 0.1) is 18.1 Å². The van der Waals surface area contributed by atoms with E-state index in [0.29, 0.717) is 5.69 Å². The number of aromatic nitrogens is 2. The molecular formula is C12H14N4O2. The molecule has 2 atom stereocenters. The van der Waals surface area contributed by atoms with Gasteiger partial charge in [-0.3, -0.25) is 0 Å². The van der Waals surface area contributed by atoms with E-state index in [2.05, 4.69) is 15.3 Å². The number of aromatic amines is 1. The fourth-order valence-corrected chi connectivity index (χ4v) is 2.35. The van der Waals surface area contributed by atoms with Crippen LogP contribution in [0.4, 0.5) is 5.69 Å². The van der Waals surface area contributed by atoms with Crippen LogP contribution >= 0.6 is 0 Å². The Bertz CT molecular complexity index is 553. The first-order valence-corrected chi connectivity index (χ1v) is 5.84. The SMILES string of the molecule is [O-][NH+](O)c1cccc(C2NCCc3[nH]cnc32)c1. The van der Waals surface area contributed by atoms with Crippen LogP contribution in [0, 0.1) is 5.21 Å². The number of hydrogen-bond donors (Lipinski definition) is 4. The molecule has 6 nitrogen and oxygen atoms in total. The number of fused-ring (bicyclic) bond motifs is 1. The Morgan fingerprint density at radius 3 is 3.17 bits per heavy atom. The molecule has 0 amide bonds. The van der Waals surface area contributed by atoms with Gasteiger partial charge >= 0.3 is 0 Å². The van der Waals surface area contributed by atoms with Crippen molar-refractivity contribution in [2.75, 3.05) is 6.54 Å². The molecule has 2 heterocycles. The van der Waals surface area contributed by atoms with Gasteiger partial charge in [-0.1, -0.05) is 12.1 Å². The molecule has 0 fully saturated rings. The molecule has 0 aliphatic carbocycles. The number of imidazole rings is 1. The summed E-state index contributed by atoms with van der Waals surface area (Å²) in [5.74, 6) is 0. The number of H-pyrrole nitrogens is 1. The van der Waals surface area contributed by atoms with Crippen LogP contribution in [0.2, 0.25) is 0 Å². The molecule has 1 aliphatic heterocycles. The van der Waals surface area contributed by atoms with Crippen molar-refractivity contribution in [2.45, 2.75) is 12.5 Å². The monoisotopic (exact) mass is 246 g/mol. The maximum atomic E-state index is 11.0. The minimum Gasteiger partial charge on any atom is -0.595 e. The highest BCUT2D eigenvalue weighted by Crippen LogP contribution is 2.26. The zero-order valence-corrected chi connectivity index (χ0v) is 9.68. The van der Waals surface area contributed by atoms with Gasteiger partial charge in [0.1, 0.15) is 0 Å². The second kappa shape index (κ2) is 4.51. The lowest BCUT2D eigenvalue weighted by Gasteiger charge is -2.24. The van der Waals surface area contributed by atoms with E-state index in [0.717, 1.165) is 29.9 Å². The minimum atomic E-state index is -0.907. The first-order valence-electron chi connectivity index (χ1n) is 5.84. The Kier molecular flexibility index (Phi) is 2.85. The highest BCUT2D eigenvalue weighted by Gasteiger charge is 2.24. The first kappa shape index (κ1) is 11.4. The van der Waals surface area contributed by atoms with Gasteiger partial charge in [-0.15, -0.1) is 0 Å². The molecule has 94 valence electrons.